The largest absolute Gasteiger partial charge is 0.490 e. The Morgan fingerprint density at radius 3 is 2.53 bits per heavy atom. The minimum absolute atomic E-state index is 0.0253. The first-order valence-corrected chi connectivity index (χ1v) is 11.4. The Morgan fingerprint density at radius 2 is 1.90 bits per heavy atom. The van der Waals surface area contributed by atoms with Crippen LogP contribution in [-0.2, 0) is 9.59 Å². The van der Waals surface area contributed by atoms with Crippen LogP contribution in [0, 0.1) is 3.57 Å². The molecule has 8 heteroatoms. The molecular weight excluding hydrogens is 499 g/mol. The number of hydrogen-bond acceptors (Lipinski definition) is 5. The van der Waals surface area contributed by atoms with Gasteiger partial charge >= 0.3 is 6.03 Å². The summed E-state index contributed by atoms with van der Waals surface area (Å²) in [5.74, 6) is -0.0273. The molecule has 7 nitrogen and oxygen atoms in total. The number of amides is 4. The highest BCUT2D eigenvalue weighted by molar-refractivity contribution is 14.1. The number of hydrogen-bond donors (Lipinski definition) is 1. The van der Waals surface area contributed by atoms with Crippen LogP contribution in [0.4, 0.5) is 4.79 Å². The number of ether oxygens (including phenoxy) is 2. The third-order valence-electron chi connectivity index (χ3n) is 5.07. The van der Waals surface area contributed by atoms with E-state index in [1.54, 1.807) is 6.07 Å². The second-order valence-corrected chi connectivity index (χ2v) is 8.88. The molecule has 1 saturated carbocycles. The molecule has 1 saturated heterocycles. The second-order valence-electron chi connectivity index (χ2n) is 7.71. The van der Waals surface area contributed by atoms with Gasteiger partial charge in [0, 0.05) is 6.04 Å². The van der Waals surface area contributed by atoms with Crippen molar-refractivity contribution in [3.63, 3.8) is 0 Å². The molecular formula is C22H27IN2O5. The molecule has 0 aromatic heterocycles. The van der Waals surface area contributed by atoms with Gasteiger partial charge in [-0.15, -0.1) is 0 Å². The van der Waals surface area contributed by atoms with E-state index in [1.165, 1.54) is 11.0 Å². The summed E-state index contributed by atoms with van der Waals surface area (Å²) in [6, 6.07) is 2.79. The summed E-state index contributed by atoms with van der Waals surface area (Å²) >= 11 is 2.15. The van der Waals surface area contributed by atoms with Crippen molar-refractivity contribution in [3.8, 4) is 11.5 Å². The molecule has 3 rings (SSSR count). The fourth-order valence-electron chi connectivity index (χ4n) is 3.79. The van der Waals surface area contributed by atoms with Crippen LogP contribution in [-0.4, -0.2) is 41.5 Å². The number of rotatable bonds is 6. The van der Waals surface area contributed by atoms with Crippen LogP contribution in [0.5, 0.6) is 11.5 Å². The SMILES string of the molecule is CCOc1cc(C=C2C(=O)NC(=O)N(C3CCCCC3)C2=O)cc(I)c1OC(C)C. The summed E-state index contributed by atoms with van der Waals surface area (Å²) in [6.45, 7) is 6.20. The summed E-state index contributed by atoms with van der Waals surface area (Å²) in [6.07, 6.45) is 6.09. The molecule has 1 aliphatic heterocycles. The topological polar surface area (TPSA) is 84.9 Å². The number of nitrogens with one attached hydrogen (secondary N) is 1. The number of nitrogens with zero attached hydrogens (tertiary/aromatic N) is 1. The van der Waals surface area contributed by atoms with E-state index in [2.05, 4.69) is 27.9 Å². The van der Waals surface area contributed by atoms with Crippen LogP contribution in [0.2, 0.25) is 0 Å². The van der Waals surface area contributed by atoms with E-state index in [4.69, 9.17) is 9.47 Å². The van der Waals surface area contributed by atoms with Crippen LogP contribution in [0.1, 0.15) is 58.4 Å². The zero-order valence-corrected chi connectivity index (χ0v) is 19.7. The average molecular weight is 526 g/mol. The van der Waals surface area contributed by atoms with Crippen molar-refractivity contribution >= 4 is 46.5 Å². The number of halogens is 1. The monoisotopic (exact) mass is 526 g/mol. The van der Waals surface area contributed by atoms with E-state index in [0.717, 1.165) is 35.7 Å². The van der Waals surface area contributed by atoms with E-state index >= 15 is 0 Å². The van der Waals surface area contributed by atoms with Crippen molar-refractivity contribution in [2.24, 2.45) is 0 Å². The molecule has 1 N–H and O–H groups in total. The number of barbiturate groups is 1. The third kappa shape index (κ3) is 4.96. The highest BCUT2D eigenvalue weighted by atomic mass is 127. The van der Waals surface area contributed by atoms with E-state index < -0.39 is 17.8 Å². The van der Waals surface area contributed by atoms with Gasteiger partial charge in [0.1, 0.15) is 5.57 Å². The first-order valence-electron chi connectivity index (χ1n) is 10.3. The number of carbonyl (C=O) groups is 3. The molecule has 2 fully saturated rings. The average Bonchev–Trinajstić information content (AvgIpc) is 2.68. The van der Waals surface area contributed by atoms with Crippen LogP contribution in [0.25, 0.3) is 6.08 Å². The minimum Gasteiger partial charge on any atom is -0.490 e. The Labute approximate surface area is 190 Å². The summed E-state index contributed by atoms with van der Waals surface area (Å²) in [7, 11) is 0. The van der Waals surface area contributed by atoms with Crippen LogP contribution >= 0.6 is 22.6 Å². The fraction of sp³-hybridized carbons (Fsp3) is 0.500. The summed E-state index contributed by atoms with van der Waals surface area (Å²) in [4.78, 5) is 39.1. The minimum atomic E-state index is -0.674. The summed E-state index contributed by atoms with van der Waals surface area (Å²) in [5, 5.41) is 2.32. The Kier molecular flexibility index (Phi) is 7.38. The number of urea groups is 1. The standard InChI is InChI=1S/C22H27IN2O5/c1-4-29-18-12-14(11-17(23)19(18)30-13(2)3)10-16-20(26)24-22(28)25(21(16)27)15-8-6-5-7-9-15/h10-13,15H,4-9H2,1-3H3,(H,24,26,28). The van der Waals surface area contributed by atoms with Gasteiger partial charge in [-0.3, -0.25) is 19.8 Å². The predicted molar refractivity (Wildman–Crippen MR) is 121 cm³/mol. The van der Waals surface area contributed by atoms with Crippen molar-refractivity contribution in [1.29, 1.82) is 0 Å². The first kappa shape index (κ1) is 22.6. The molecule has 0 radical (unpaired) electrons. The smallest absolute Gasteiger partial charge is 0.331 e. The second kappa shape index (κ2) is 9.80. The molecule has 0 bridgehead atoms. The third-order valence-corrected chi connectivity index (χ3v) is 5.87. The molecule has 1 aromatic rings. The highest BCUT2D eigenvalue weighted by Crippen LogP contribution is 2.36. The molecule has 1 aliphatic carbocycles. The first-order chi connectivity index (χ1) is 14.3. The lowest BCUT2D eigenvalue weighted by Crippen LogP contribution is -2.58. The van der Waals surface area contributed by atoms with E-state index in [1.807, 2.05) is 26.8 Å². The van der Waals surface area contributed by atoms with Crippen molar-refractivity contribution in [2.75, 3.05) is 6.61 Å². The lowest BCUT2D eigenvalue weighted by Gasteiger charge is -2.35. The summed E-state index contributed by atoms with van der Waals surface area (Å²) in [5.41, 5.74) is 0.589. The number of carbonyl (C=O) groups excluding carboxylic acids is 3. The lowest BCUT2D eigenvalue weighted by molar-refractivity contribution is -0.132. The molecule has 0 atom stereocenters. The normalized spacial score (nSPS) is 19.4. The Morgan fingerprint density at radius 1 is 1.20 bits per heavy atom. The maximum atomic E-state index is 13.1. The quantitative estimate of drug-likeness (QED) is 0.340. The summed E-state index contributed by atoms with van der Waals surface area (Å²) < 4.78 is 12.4. The molecule has 1 aromatic carbocycles. The van der Waals surface area contributed by atoms with Crippen LogP contribution < -0.4 is 14.8 Å². The van der Waals surface area contributed by atoms with Crippen LogP contribution in [0.3, 0.4) is 0 Å². The Balaban J connectivity index is 1.96. The van der Waals surface area contributed by atoms with Gasteiger partial charge < -0.3 is 9.47 Å². The van der Waals surface area contributed by atoms with Crippen molar-refractivity contribution in [2.45, 2.75) is 65.0 Å². The van der Waals surface area contributed by atoms with Gasteiger partial charge in [0.25, 0.3) is 11.8 Å². The van der Waals surface area contributed by atoms with Crippen molar-refractivity contribution in [1.82, 2.24) is 10.2 Å². The molecule has 0 unspecified atom stereocenters. The van der Waals surface area contributed by atoms with Gasteiger partial charge in [-0.2, -0.15) is 0 Å². The molecule has 162 valence electrons. The maximum Gasteiger partial charge on any atom is 0.331 e. The van der Waals surface area contributed by atoms with Gasteiger partial charge in [-0.1, -0.05) is 19.3 Å². The fourth-order valence-corrected chi connectivity index (χ4v) is 4.55. The zero-order valence-electron chi connectivity index (χ0n) is 17.5. The van der Waals surface area contributed by atoms with Gasteiger partial charge in [0.15, 0.2) is 11.5 Å². The predicted octanol–water partition coefficient (Wildman–Crippen LogP) is 4.27. The maximum absolute atomic E-state index is 13.1. The van der Waals surface area contributed by atoms with Crippen molar-refractivity contribution < 1.29 is 23.9 Å². The van der Waals surface area contributed by atoms with Gasteiger partial charge in [0.05, 0.1) is 16.3 Å². The molecule has 2 aliphatic rings. The van der Waals surface area contributed by atoms with E-state index in [0.29, 0.717) is 23.7 Å². The molecule has 30 heavy (non-hydrogen) atoms. The van der Waals surface area contributed by atoms with Crippen LogP contribution in [0.15, 0.2) is 17.7 Å². The molecule has 0 spiro atoms. The Bertz CT molecular complexity index is 875. The molecule has 4 amide bonds. The zero-order chi connectivity index (χ0) is 21.8. The van der Waals surface area contributed by atoms with E-state index in [9.17, 15) is 14.4 Å². The lowest BCUT2D eigenvalue weighted by atomic mass is 9.93. The number of benzene rings is 1. The highest BCUT2D eigenvalue weighted by Gasteiger charge is 2.40. The van der Waals surface area contributed by atoms with Crippen molar-refractivity contribution in [3.05, 3.63) is 26.8 Å². The Hall–Kier alpha value is -2.10. The van der Waals surface area contributed by atoms with Gasteiger partial charge in [-0.05, 0) is 80.0 Å². The van der Waals surface area contributed by atoms with Gasteiger partial charge in [0.2, 0.25) is 0 Å². The van der Waals surface area contributed by atoms with E-state index in [-0.39, 0.29) is 17.7 Å². The number of imide groups is 2. The van der Waals surface area contributed by atoms with Gasteiger partial charge in [-0.25, -0.2) is 4.79 Å². The molecule has 1 heterocycles.